The SMILES string of the molecule is O=C(O)CN(CCN(CC(=O)O)CC(=O)N(CCC(=O)NC(CO)(CO)CO)CCC(=O)NC(CO)(CO)CO)CCN(CC(=O)O)CC(=O)N(CCC(=O)NC(CO)(CO)CO)CCC(=O)NC(CO)(CO)CO. The summed E-state index contributed by atoms with van der Waals surface area (Å²) in [6, 6.07) is 0. The second-order valence-corrected chi connectivity index (χ2v) is 17.9. The molecule has 0 rings (SSSR count). The molecule has 0 heterocycles. The minimum atomic E-state index is -1.85. The van der Waals surface area contributed by atoms with Crippen molar-refractivity contribution in [3.8, 4) is 0 Å². The Kier molecular flexibility index (Phi) is 33.2. The van der Waals surface area contributed by atoms with Gasteiger partial charge >= 0.3 is 17.9 Å². The molecule has 0 aliphatic heterocycles. The first-order chi connectivity index (χ1) is 35.4. The molecule has 0 fully saturated rings. The number of aliphatic carboxylic acids is 3. The van der Waals surface area contributed by atoms with Crippen molar-refractivity contribution in [2.75, 3.05) is 164 Å². The van der Waals surface area contributed by atoms with Crippen LogP contribution < -0.4 is 21.3 Å². The predicted octanol–water partition coefficient (Wildman–Crippen LogP) is -12.3. The van der Waals surface area contributed by atoms with Crippen LogP contribution in [-0.4, -0.2) is 341 Å². The van der Waals surface area contributed by atoms with E-state index >= 15 is 0 Å². The quantitative estimate of drug-likeness (QED) is 0.0269. The number of rotatable bonds is 44. The number of hydrogen-bond acceptors (Lipinski definition) is 24. The van der Waals surface area contributed by atoms with Gasteiger partial charge < -0.3 is 108 Å². The van der Waals surface area contributed by atoms with Crippen molar-refractivity contribution in [3.05, 3.63) is 0 Å². The number of amides is 6. The standard InChI is InChI=1S/C42H77N9O24/c52-18-39(19-53,20-54)43-30(64)1-5-50(6-2-31(65)44-40(21-55,22-56)23-57)34(68)13-48(16-37(72)73)11-9-47(15-36(70)71)10-12-49(17-38(74)75)14-35(69)51(7-3-32(66)45-41(24-58,25-59)26-60)8-4-33(67)46-42(27-61,28-62)29-63/h52-63H,1-29H2,(H,43,64)(H,44,65)(H,45,66)(H,46,67)(H,70,71)(H,72,73)(H,74,75). The zero-order valence-corrected chi connectivity index (χ0v) is 41.6. The molecule has 33 nitrogen and oxygen atoms in total. The van der Waals surface area contributed by atoms with Gasteiger partial charge in [-0.3, -0.25) is 57.9 Å². The summed E-state index contributed by atoms with van der Waals surface area (Å²) in [5, 5.41) is 154. The van der Waals surface area contributed by atoms with Crippen molar-refractivity contribution < 1.29 is 120 Å². The van der Waals surface area contributed by atoms with Gasteiger partial charge in [-0.2, -0.15) is 0 Å². The lowest BCUT2D eigenvalue weighted by molar-refractivity contribution is -0.141. The van der Waals surface area contributed by atoms with E-state index in [0.29, 0.717) is 0 Å². The molecule has 0 unspecified atom stereocenters. The smallest absolute Gasteiger partial charge is 0.317 e. The molecule has 0 bridgehead atoms. The van der Waals surface area contributed by atoms with Crippen molar-refractivity contribution >= 4 is 53.4 Å². The minimum Gasteiger partial charge on any atom is -0.480 e. The highest BCUT2D eigenvalue weighted by Crippen LogP contribution is 2.10. The first-order valence-electron chi connectivity index (χ1n) is 23.3. The van der Waals surface area contributed by atoms with Crippen molar-refractivity contribution in [1.29, 1.82) is 0 Å². The average molecular weight is 1090 g/mol. The van der Waals surface area contributed by atoms with E-state index in [0.717, 1.165) is 19.6 Å². The van der Waals surface area contributed by atoms with Gasteiger partial charge in [0.25, 0.3) is 0 Å². The summed E-state index contributed by atoms with van der Waals surface area (Å²) in [7, 11) is 0. The monoisotopic (exact) mass is 1090 g/mol. The van der Waals surface area contributed by atoms with Crippen molar-refractivity contribution in [2.45, 2.75) is 47.8 Å². The van der Waals surface area contributed by atoms with Gasteiger partial charge in [0.05, 0.1) is 112 Å². The van der Waals surface area contributed by atoms with Crippen LogP contribution in [0.1, 0.15) is 25.7 Å². The number of carbonyl (C=O) groups is 9. The summed E-state index contributed by atoms with van der Waals surface area (Å²) in [5.41, 5.74) is -7.42. The highest BCUT2D eigenvalue weighted by molar-refractivity contribution is 5.84. The molecule has 33 heteroatoms. The third-order valence-corrected chi connectivity index (χ3v) is 11.7. The number of nitrogens with zero attached hydrogens (tertiary/aromatic N) is 5. The molecule has 434 valence electrons. The molecule has 0 spiro atoms. The van der Waals surface area contributed by atoms with Crippen LogP contribution in [0.25, 0.3) is 0 Å². The molecule has 0 atom stereocenters. The molecular formula is C42H77N9O24. The summed E-state index contributed by atoms with van der Waals surface area (Å²) in [6.45, 7) is -17.9. The Morgan fingerprint density at radius 1 is 0.280 bits per heavy atom. The van der Waals surface area contributed by atoms with Gasteiger partial charge in [-0.1, -0.05) is 0 Å². The zero-order chi connectivity index (χ0) is 57.4. The van der Waals surface area contributed by atoms with E-state index in [-0.39, 0.29) is 26.2 Å². The van der Waals surface area contributed by atoms with Crippen LogP contribution in [-0.2, 0) is 43.2 Å². The molecule has 0 radical (unpaired) electrons. The Labute approximate surface area is 430 Å². The second kappa shape index (κ2) is 35.8. The number of carbonyl (C=O) groups excluding carboxylic acids is 6. The third kappa shape index (κ3) is 25.8. The van der Waals surface area contributed by atoms with Crippen LogP contribution in [0.3, 0.4) is 0 Å². The number of aliphatic hydroxyl groups is 12. The summed E-state index contributed by atoms with van der Waals surface area (Å²) < 4.78 is 0. The van der Waals surface area contributed by atoms with Crippen molar-refractivity contribution in [3.63, 3.8) is 0 Å². The fraction of sp³-hybridized carbons (Fsp3) is 0.786. The van der Waals surface area contributed by atoms with Gasteiger partial charge in [0.15, 0.2) is 0 Å². The molecule has 75 heavy (non-hydrogen) atoms. The van der Waals surface area contributed by atoms with Crippen molar-refractivity contribution in [2.24, 2.45) is 0 Å². The van der Waals surface area contributed by atoms with E-state index in [2.05, 4.69) is 21.3 Å². The lowest BCUT2D eigenvalue weighted by Crippen LogP contribution is -2.58. The third-order valence-electron chi connectivity index (χ3n) is 11.7. The van der Waals surface area contributed by atoms with Crippen LogP contribution >= 0.6 is 0 Å². The minimum absolute atomic E-state index is 0.325. The number of carboxylic acids is 3. The maximum absolute atomic E-state index is 13.8. The maximum atomic E-state index is 13.8. The molecule has 0 aromatic rings. The van der Waals surface area contributed by atoms with Gasteiger partial charge in [-0.15, -0.1) is 0 Å². The predicted molar refractivity (Wildman–Crippen MR) is 252 cm³/mol. The number of hydrogen-bond donors (Lipinski definition) is 19. The van der Waals surface area contributed by atoms with Crippen LogP contribution in [0.5, 0.6) is 0 Å². The molecule has 0 aliphatic carbocycles. The summed E-state index contributed by atoms with van der Waals surface area (Å²) in [4.78, 5) is 120. The number of nitrogens with one attached hydrogen (secondary N) is 4. The van der Waals surface area contributed by atoms with E-state index in [1.165, 1.54) is 4.90 Å². The van der Waals surface area contributed by atoms with Crippen LogP contribution in [0.15, 0.2) is 0 Å². The first kappa shape index (κ1) is 69.6. The lowest BCUT2D eigenvalue weighted by Gasteiger charge is -2.32. The fourth-order valence-corrected chi connectivity index (χ4v) is 6.60. The van der Waals surface area contributed by atoms with Gasteiger partial charge in [0, 0.05) is 78.0 Å². The number of carboxylic acid groups (broad SMARTS) is 3. The molecule has 0 aliphatic rings. The fourth-order valence-electron chi connectivity index (χ4n) is 6.60. The van der Waals surface area contributed by atoms with E-state index in [9.17, 15) is 120 Å². The van der Waals surface area contributed by atoms with Crippen molar-refractivity contribution in [1.82, 2.24) is 45.8 Å². The van der Waals surface area contributed by atoms with Crippen LogP contribution in [0.2, 0.25) is 0 Å². The Morgan fingerprint density at radius 3 is 0.653 bits per heavy atom. The topological polar surface area (TPSA) is 521 Å². The first-order valence-corrected chi connectivity index (χ1v) is 23.3. The largest absolute Gasteiger partial charge is 0.480 e. The van der Waals surface area contributed by atoms with Gasteiger partial charge in [-0.25, -0.2) is 0 Å². The molecule has 19 N–H and O–H groups in total. The van der Waals surface area contributed by atoms with E-state index < -0.39 is 239 Å². The Balaban J connectivity index is 6.56. The molecule has 0 aromatic heterocycles. The van der Waals surface area contributed by atoms with Gasteiger partial charge in [0.1, 0.15) is 22.2 Å². The Bertz CT molecular complexity index is 1570. The van der Waals surface area contributed by atoms with E-state index in [4.69, 9.17) is 0 Å². The summed E-state index contributed by atoms with van der Waals surface area (Å²) in [5.74, 6) is -9.70. The van der Waals surface area contributed by atoms with Gasteiger partial charge in [0.2, 0.25) is 35.4 Å². The average Bonchev–Trinajstić information content (AvgIpc) is 3.38. The highest BCUT2D eigenvalue weighted by atomic mass is 16.4. The summed E-state index contributed by atoms with van der Waals surface area (Å²) >= 11 is 0. The molecule has 0 aromatic carbocycles. The Morgan fingerprint density at radius 2 is 0.467 bits per heavy atom. The lowest BCUT2D eigenvalue weighted by atomic mass is 10.0. The highest BCUT2D eigenvalue weighted by Gasteiger charge is 2.34. The zero-order valence-electron chi connectivity index (χ0n) is 41.6. The normalized spacial score (nSPS) is 12.1. The molecule has 6 amide bonds. The Hall–Kier alpha value is -5.37. The second-order valence-electron chi connectivity index (χ2n) is 17.9. The molecule has 0 saturated carbocycles. The maximum Gasteiger partial charge on any atom is 0.317 e. The number of aliphatic hydroxyl groups excluding tert-OH is 12. The summed E-state index contributed by atoms with van der Waals surface area (Å²) in [6.07, 6.45) is -2.25. The van der Waals surface area contributed by atoms with E-state index in [1.54, 1.807) is 0 Å². The van der Waals surface area contributed by atoms with Gasteiger partial charge in [-0.05, 0) is 0 Å². The van der Waals surface area contributed by atoms with Crippen LogP contribution in [0.4, 0.5) is 0 Å². The van der Waals surface area contributed by atoms with E-state index in [1.807, 2.05) is 0 Å². The van der Waals surface area contributed by atoms with Crippen LogP contribution in [0, 0.1) is 0 Å². The molecular weight excluding hydrogens is 1010 g/mol. The molecule has 0 saturated heterocycles.